The number of thiocarbonyl (C=S) groups is 1. The molecule has 7 heteroatoms. The Morgan fingerprint density at radius 2 is 1.93 bits per heavy atom. The number of carbonyl (C=O) groups is 2. The van der Waals surface area contributed by atoms with E-state index in [9.17, 15) is 9.59 Å². The van der Waals surface area contributed by atoms with Crippen molar-refractivity contribution in [2.45, 2.75) is 13.5 Å². The van der Waals surface area contributed by atoms with Gasteiger partial charge in [-0.05, 0) is 43.4 Å². The maximum atomic E-state index is 13.2. The zero-order valence-electron chi connectivity index (χ0n) is 16.0. The Morgan fingerprint density at radius 1 is 1.14 bits per heavy atom. The van der Waals surface area contributed by atoms with Crippen LogP contribution >= 0.6 is 12.2 Å². The minimum Gasteiger partial charge on any atom is -0.497 e. The number of anilines is 1. The summed E-state index contributed by atoms with van der Waals surface area (Å²) in [5.74, 6) is -0.389. The van der Waals surface area contributed by atoms with Gasteiger partial charge in [-0.3, -0.25) is 19.8 Å². The van der Waals surface area contributed by atoms with Gasteiger partial charge >= 0.3 is 0 Å². The van der Waals surface area contributed by atoms with Crippen LogP contribution in [0.3, 0.4) is 0 Å². The van der Waals surface area contributed by atoms with Gasteiger partial charge in [0.1, 0.15) is 11.3 Å². The van der Waals surface area contributed by atoms with Crippen molar-refractivity contribution in [3.8, 4) is 5.75 Å². The summed E-state index contributed by atoms with van der Waals surface area (Å²) in [6, 6.07) is 14.9. The van der Waals surface area contributed by atoms with Crippen LogP contribution < -0.4 is 15.0 Å². The highest BCUT2D eigenvalue weighted by Crippen LogP contribution is 2.28. The fraction of sp³-hybridized carbons (Fsp3) is 0.136. The Bertz CT molecular complexity index is 1180. The van der Waals surface area contributed by atoms with Gasteiger partial charge in [-0.1, -0.05) is 24.3 Å². The Hall–Kier alpha value is -3.45. The molecule has 0 saturated carbocycles. The maximum absolute atomic E-state index is 13.2. The van der Waals surface area contributed by atoms with Gasteiger partial charge in [0.25, 0.3) is 11.8 Å². The molecule has 1 saturated heterocycles. The zero-order valence-corrected chi connectivity index (χ0v) is 16.8. The van der Waals surface area contributed by atoms with Gasteiger partial charge in [-0.25, -0.2) is 0 Å². The summed E-state index contributed by atoms with van der Waals surface area (Å²) in [4.78, 5) is 27.1. The molecule has 0 radical (unpaired) electrons. The van der Waals surface area contributed by atoms with Crippen LogP contribution in [0.2, 0.25) is 0 Å². The lowest BCUT2D eigenvalue weighted by Gasteiger charge is -2.29. The molecule has 0 atom stereocenters. The summed E-state index contributed by atoms with van der Waals surface area (Å²) < 4.78 is 7.32. The molecule has 4 rings (SSSR count). The van der Waals surface area contributed by atoms with E-state index in [4.69, 9.17) is 17.0 Å². The van der Waals surface area contributed by atoms with E-state index >= 15 is 0 Å². The molecule has 0 aliphatic carbocycles. The number of benzene rings is 2. The molecule has 1 fully saturated rings. The smallest absolute Gasteiger partial charge is 0.270 e. The lowest BCUT2D eigenvalue weighted by atomic mass is 10.1. The van der Waals surface area contributed by atoms with Gasteiger partial charge in [0.05, 0.1) is 12.8 Å². The van der Waals surface area contributed by atoms with Crippen molar-refractivity contribution in [3.05, 3.63) is 65.9 Å². The predicted molar refractivity (Wildman–Crippen MR) is 117 cm³/mol. The van der Waals surface area contributed by atoms with Gasteiger partial charge in [0, 0.05) is 35.3 Å². The first-order valence-corrected chi connectivity index (χ1v) is 9.57. The first-order chi connectivity index (χ1) is 14.0. The molecule has 1 aliphatic rings. The fourth-order valence-electron chi connectivity index (χ4n) is 3.45. The predicted octanol–water partition coefficient (Wildman–Crippen LogP) is 3.50. The number of para-hydroxylation sites is 1. The maximum Gasteiger partial charge on any atom is 0.270 e. The third-order valence-electron chi connectivity index (χ3n) is 4.87. The third kappa shape index (κ3) is 3.30. The average Bonchev–Trinajstić information content (AvgIpc) is 3.09. The second kappa shape index (κ2) is 7.52. The van der Waals surface area contributed by atoms with E-state index in [1.54, 1.807) is 37.5 Å². The number of ether oxygens (including phenoxy) is 1. The summed E-state index contributed by atoms with van der Waals surface area (Å²) in [5, 5.41) is 3.64. The molecule has 2 aromatic carbocycles. The number of hydrogen-bond donors (Lipinski definition) is 1. The number of aryl methyl sites for hydroxylation is 1. The van der Waals surface area contributed by atoms with Crippen LogP contribution in [-0.4, -0.2) is 28.6 Å². The number of nitrogens with one attached hydrogen (secondary N) is 1. The van der Waals surface area contributed by atoms with Gasteiger partial charge in [0.15, 0.2) is 5.11 Å². The van der Waals surface area contributed by atoms with Crippen LogP contribution in [0.4, 0.5) is 5.69 Å². The number of amides is 2. The lowest BCUT2D eigenvalue weighted by Crippen LogP contribution is -2.54. The fourth-order valence-corrected chi connectivity index (χ4v) is 3.73. The van der Waals surface area contributed by atoms with Crippen LogP contribution in [0.5, 0.6) is 5.75 Å². The molecule has 29 heavy (non-hydrogen) atoms. The van der Waals surface area contributed by atoms with Crippen molar-refractivity contribution in [2.24, 2.45) is 0 Å². The number of carbonyl (C=O) groups excluding carboxylic acids is 2. The van der Waals surface area contributed by atoms with Crippen molar-refractivity contribution < 1.29 is 14.3 Å². The van der Waals surface area contributed by atoms with E-state index in [-0.39, 0.29) is 10.7 Å². The zero-order chi connectivity index (χ0) is 20.5. The number of nitrogens with zero attached hydrogens (tertiary/aromatic N) is 2. The summed E-state index contributed by atoms with van der Waals surface area (Å²) in [7, 11) is 1.55. The number of rotatable bonds is 4. The Kier molecular flexibility index (Phi) is 4.90. The molecule has 2 heterocycles. The molecule has 0 spiro atoms. The summed E-state index contributed by atoms with van der Waals surface area (Å²) in [6.45, 7) is 2.83. The molecule has 0 bridgehead atoms. The van der Waals surface area contributed by atoms with Crippen molar-refractivity contribution in [1.29, 1.82) is 0 Å². The van der Waals surface area contributed by atoms with Crippen LogP contribution in [-0.2, 0) is 16.1 Å². The quantitative estimate of drug-likeness (QED) is 0.410. The lowest BCUT2D eigenvalue weighted by molar-refractivity contribution is -0.122. The number of methoxy groups -OCH3 is 1. The molecular formula is C22H19N3O3S. The number of fused-ring (bicyclic) bond motifs is 1. The molecule has 3 aromatic rings. The molecule has 6 nitrogen and oxygen atoms in total. The van der Waals surface area contributed by atoms with E-state index in [2.05, 4.69) is 9.88 Å². The highest BCUT2D eigenvalue weighted by atomic mass is 32.1. The van der Waals surface area contributed by atoms with Gasteiger partial charge in [-0.2, -0.15) is 0 Å². The summed E-state index contributed by atoms with van der Waals surface area (Å²) in [6.07, 6.45) is 3.57. The number of aromatic nitrogens is 1. The molecule has 2 amide bonds. The summed E-state index contributed by atoms with van der Waals surface area (Å²) in [5.41, 5.74) is 2.41. The number of hydrogen-bond acceptors (Lipinski definition) is 4. The SMILES string of the molecule is CCn1cc(/C=C2/C(=O)NC(=S)N(c3cccc(OC)c3)C2=O)c2ccccc21. The Balaban J connectivity index is 1.80. The molecule has 1 aromatic heterocycles. The van der Waals surface area contributed by atoms with Crippen LogP contribution in [0.25, 0.3) is 17.0 Å². The minimum atomic E-state index is -0.507. The van der Waals surface area contributed by atoms with Crippen molar-refractivity contribution in [3.63, 3.8) is 0 Å². The van der Waals surface area contributed by atoms with Crippen molar-refractivity contribution in [1.82, 2.24) is 9.88 Å². The van der Waals surface area contributed by atoms with Gasteiger partial charge < -0.3 is 9.30 Å². The molecule has 0 unspecified atom stereocenters. The largest absolute Gasteiger partial charge is 0.497 e. The standard InChI is InChI=1S/C22H19N3O3S/c1-3-24-13-14(17-9-4-5-10-19(17)24)11-18-20(26)23-22(29)25(21(18)27)15-7-6-8-16(12-15)28-2/h4-13H,3H2,1-2H3,(H,23,26,29)/b18-11-. The highest BCUT2D eigenvalue weighted by molar-refractivity contribution is 7.80. The normalized spacial score (nSPS) is 15.9. The Morgan fingerprint density at radius 3 is 2.69 bits per heavy atom. The molecule has 1 N–H and O–H groups in total. The van der Waals surface area contributed by atoms with E-state index in [1.165, 1.54) is 4.90 Å². The molecule has 146 valence electrons. The average molecular weight is 405 g/mol. The van der Waals surface area contributed by atoms with E-state index in [0.717, 1.165) is 23.0 Å². The van der Waals surface area contributed by atoms with Crippen molar-refractivity contribution >= 4 is 51.8 Å². The second-order valence-electron chi connectivity index (χ2n) is 6.55. The van der Waals surface area contributed by atoms with Crippen LogP contribution in [0.1, 0.15) is 12.5 Å². The monoisotopic (exact) mass is 405 g/mol. The second-order valence-corrected chi connectivity index (χ2v) is 6.93. The molecular weight excluding hydrogens is 386 g/mol. The Labute approximate surface area is 173 Å². The van der Waals surface area contributed by atoms with E-state index < -0.39 is 11.8 Å². The highest BCUT2D eigenvalue weighted by Gasteiger charge is 2.34. The van der Waals surface area contributed by atoms with Gasteiger partial charge in [-0.15, -0.1) is 0 Å². The third-order valence-corrected chi connectivity index (χ3v) is 5.16. The first-order valence-electron chi connectivity index (χ1n) is 9.17. The van der Waals surface area contributed by atoms with E-state index in [0.29, 0.717) is 11.4 Å². The van der Waals surface area contributed by atoms with Gasteiger partial charge in [0.2, 0.25) is 0 Å². The van der Waals surface area contributed by atoms with Crippen molar-refractivity contribution in [2.75, 3.05) is 12.0 Å². The summed E-state index contributed by atoms with van der Waals surface area (Å²) >= 11 is 5.26. The molecule has 1 aliphatic heterocycles. The first kappa shape index (κ1) is 18.9. The van der Waals surface area contributed by atoms with E-state index in [1.807, 2.05) is 37.4 Å². The minimum absolute atomic E-state index is 0.0282. The van der Waals surface area contributed by atoms with Crippen LogP contribution in [0, 0.1) is 0 Å². The van der Waals surface area contributed by atoms with Crippen LogP contribution in [0.15, 0.2) is 60.3 Å². The topological polar surface area (TPSA) is 63.6 Å².